The van der Waals surface area contributed by atoms with E-state index in [-0.39, 0.29) is 16.9 Å². The summed E-state index contributed by atoms with van der Waals surface area (Å²) in [4.78, 5) is 2.18. The molecule has 0 aromatic heterocycles. The smallest absolute Gasteiger partial charge is 0.119 e. The van der Waals surface area contributed by atoms with Gasteiger partial charge in [0.25, 0.3) is 0 Å². The fourth-order valence-electron chi connectivity index (χ4n) is 9.08. The van der Waals surface area contributed by atoms with Gasteiger partial charge in [-0.1, -0.05) is 26.0 Å². The molecule has 2 N–H and O–H groups in total. The molecule has 1 aromatic rings. The van der Waals surface area contributed by atoms with Crippen molar-refractivity contribution in [3.63, 3.8) is 0 Å². The molecule has 0 radical (unpaired) electrons. The lowest BCUT2D eigenvalue weighted by Crippen LogP contribution is -2.56. The summed E-state index contributed by atoms with van der Waals surface area (Å²) in [6, 6.07) is 8.30. The van der Waals surface area contributed by atoms with Crippen molar-refractivity contribution in [3.8, 4) is 5.75 Å². The molecule has 0 aliphatic heterocycles. The summed E-state index contributed by atoms with van der Waals surface area (Å²) in [7, 11) is 4.18. The van der Waals surface area contributed by atoms with Crippen LogP contribution in [0.3, 0.4) is 0 Å². The van der Waals surface area contributed by atoms with Gasteiger partial charge in [0.05, 0.1) is 18.3 Å². The van der Waals surface area contributed by atoms with E-state index in [1.54, 1.807) is 0 Å². The van der Waals surface area contributed by atoms with Gasteiger partial charge in [-0.2, -0.15) is 0 Å². The maximum atomic E-state index is 12.1. The van der Waals surface area contributed by atoms with E-state index in [0.717, 1.165) is 62.3 Å². The second-order valence-corrected chi connectivity index (χ2v) is 13.1. The number of benzene rings is 1. The van der Waals surface area contributed by atoms with Crippen LogP contribution < -0.4 is 4.74 Å². The van der Waals surface area contributed by atoms with Crippen LogP contribution >= 0.6 is 0 Å². The van der Waals surface area contributed by atoms with E-state index in [4.69, 9.17) is 4.74 Å². The van der Waals surface area contributed by atoms with E-state index in [2.05, 4.69) is 51.0 Å². The molecular formula is C30H47NO3. The quantitative estimate of drug-likeness (QED) is 0.532. The summed E-state index contributed by atoms with van der Waals surface area (Å²) in [5, 5.41) is 22.9. The number of rotatable bonds is 6. The first kappa shape index (κ1) is 24.6. The zero-order chi connectivity index (χ0) is 24.1. The number of fused-ring (bicyclic) bond motifs is 5. The third-order valence-corrected chi connectivity index (χ3v) is 11.0. The molecule has 0 amide bonds. The van der Waals surface area contributed by atoms with Crippen molar-refractivity contribution in [3.05, 3.63) is 29.8 Å². The largest absolute Gasteiger partial charge is 0.494 e. The van der Waals surface area contributed by atoms with E-state index in [1.807, 2.05) is 6.07 Å². The van der Waals surface area contributed by atoms with E-state index in [0.29, 0.717) is 24.4 Å². The lowest BCUT2D eigenvalue weighted by molar-refractivity contribution is -0.165. The molecule has 190 valence electrons. The third-order valence-electron chi connectivity index (χ3n) is 11.0. The number of hydrogen-bond acceptors (Lipinski definition) is 4. The van der Waals surface area contributed by atoms with E-state index in [9.17, 15) is 10.2 Å². The standard InChI is InChI=1S/C30H47NO3/c1-28-15-14-26-24(25(28)11-12-27(28)32)10-9-21-13-16-30(33,20-29(21,26)2)22-7-5-8-23(19-22)34-18-6-17-31(3)4/h5,7-8,19,21,24-27,32-33H,6,9-18,20H2,1-4H3/t21?,24-,25-,26+,27?,28-,29-,30?/m0/s1. The van der Waals surface area contributed by atoms with Crippen LogP contribution in [0.1, 0.15) is 83.6 Å². The summed E-state index contributed by atoms with van der Waals surface area (Å²) >= 11 is 0. The summed E-state index contributed by atoms with van der Waals surface area (Å²) < 4.78 is 6.06. The molecule has 4 aliphatic rings. The SMILES string of the molecule is CN(C)CCCOc1cccc(C2(O)CCC3CC[C@@H]4[C@@H](CC[C@]5(C)C(O)CC[C@@H]45)[C@@]3(C)C2)c1. The van der Waals surface area contributed by atoms with Crippen LogP contribution in [0.2, 0.25) is 0 Å². The Morgan fingerprint density at radius 1 is 0.971 bits per heavy atom. The lowest BCUT2D eigenvalue weighted by atomic mass is 9.43. The summed E-state index contributed by atoms with van der Waals surface area (Å²) in [5.74, 6) is 3.65. The lowest BCUT2D eigenvalue weighted by Gasteiger charge is -2.62. The zero-order valence-corrected chi connectivity index (χ0v) is 21.9. The molecule has 5 rings (SSSR count). The molecule has 0 heterocycles. The van der Waals surface area contributed by atoms with Crippen molar-refractivity contribution in [2.45, 2.75) is 89.8 Å². The van der Waals surface area contributed by atoms with Gasteiger partial charge in [-0.25, -0.2) is 0 Å². The van der Waals surface area contributed by atoms with Gasteiger partial charge in [0.1, 0.15) is 5.75 Å². The minimum absolute atomic E-state index is 0.118. The fraction of sp³-hybridized carbons (Fsp3) is 0.800. The molecule has 0 bridgehead atoms. The highest BCUT2D eigenvalue weighted by atomic mass is 16.5. The molecule has 4 aliphatic carbocycles. The molecule has 0 saturated heterocycles. The van der Waals surface area contributed by atoms with Crippen LogP contribution in [0.4, 0.5) is 0 Å². The maximum absolute atomic E-state index is 12.1. The molecule has 8 atom stereocenters. The topological polar surface area (TPSA) is 52.9 Å². The molecule has 4 nitrogen and oxygen atoms in total. The van der Waals surface area contributed by atoms with Crippen molar-refractivity contribution >= 4 is 0 Å². The van der Waals surface area contributed by atoms with Gasteiger partial charge < -0.3 is 19.8 Å². The average molecular weight is 470 g/mol. The Hall–Kier alpha value is -1.10. The van der Waals surface area contributed by atoms with Crippen LogP contribution in [0.25, 0.3) is 0 Å². The molecule has 0 spiro atoms. The summed E-state index contributed by atoms with van der Waals surface area (Å²) in [6.45, 7) is 6.59. The normalized spacial score (nSPS) is 43.8. The van der Waals surface area contributed by atoms with Gasteiger partial charge >= 0.3 is 0 Å². The fourth-order valence-corrected chi connectivity index (χ4v) is 9.08. The predicted octanol–water partition coefficient (Wildman–Crippen LogP) is 5.61. The Labute approximate surface area is 207 Å². The Bertz CT molecular complexity index is 872. The van der Waals surface area contributed by atoms with E-state index >= 15 is 0 Å². The molecule has 3 unspecified atom stereocenters. The van der Waals surface area contributed by atoms with E-state index < -0.39 is 5.60 Å². The minimum Gasteiger partial charge on any atom is -0.494 e. The van der Waals surface area contributed by atoms with Gasteiger partial charge in [-0.05, 0) is 131 Å². The first-order valence-electron chi connectivity index (χ1n) is 13.9. The van der Waals surface area contributed by atoms with Crippen molar-refractivity contribution in [2.24, 2.45) is 34.5 Å². The molecule has 4 saturated carbocycles. The molecule has 4 fully saturated rings. The van der Waals surface area contributed by atoms with Gasteiger partial charge in [0.15, 0.2) is 0 Å². The minimum atomic E-state index is -0.772. The maximum Gasteiger partial charge on any atom is 0.119 e. The summed E-state index contributed by atoms with van der Waals surface area (Å²) in [5.41, 5.74) is 0.559. The number of hydrogen-bond donors (Lipinski definition) is 2. The average Bonchev–Trinajstić information content (AvgIpc) is 3.11. The summed E-state index contributed by atoms with van der Waals surface area (Å²) in [6.07, 6.45) is 10.9. The van der Waals surface area contributed by atoms with Crippen LogP contribution in [-0.2, 0) is 5.60 Å². The van der Waals surface area contributed by atoms with Crippen molar-refractivity contribution in [1.29, 1.82) is 0 Å². The Balaban J connectivity index is 1.34. The van der Waals surface area contributed by atoms with Crippen LogP contribution in [0, 0.1) is 34.5 Å². The number of nitrogens with zero attached hydrogens (tertiary/aromatic N) is 1. The predicted molar refractivity (Wildman–Crippen MR) is 137 cm³/mol. The highest BCUT2D eigenvalue weighted by Gasteiger charge is 2.61. The molecule has 34 heavy (non-hydrogen) atoms. The number of aliphatic hydroxyl groups is 2. The van der Waals surface area contributed by atoms with Gasteiger partial charge in [-0.3, -0.25) is 0 Å². The highest BCUT2D eigenvalue weighted by Crippen LogP contribution is 2.67. The number of ether oxygens (including phenoxy) is 1. The highest BCUT2D eigenvalue weighted by molar-refractivity contribution is 5.33. The first-order chi connectivity index (χ1) is 16.2. The van der Waals surface area contributed by atoms with E-state index in [1.165, 1.54) is 25.7 Å². The second-order valence-electron chi connectivity index (χ2n) is 13.1. The van der Waals surface area contributed by atoms with Crippen LogP contribution in [-0.4, -0.2) is 48.5 Å². The van der Waals surface area contributed by atoms with Crippen molar-refractivity contribution < 1.29 is 14.9 Å². The first-order valence-corrected chi connectivity index (χ1v) is 13.9. The zero-order valence-electron chi connectivity index (χ0n) is 21.9. The van der Waals surface area contributed by atoms with Crippen molar-refractivity contribution in [2.75, 3.05) is 27.2 Å². The van der Waals surface area contributed by atoms with Crippen molar-refractivity contribution in [1.82, 2.24) is 4.90 Å². The van der Waals surface area contributed by atoms with Gasteiger partial charge in [0, 0.05) is 6.54 Å². The molecule has 4 heteroatoms. The molecular weight excluding hydrogens is 422 g/mol. The third kappa shape index (κ3) is 4.12. The Kier molecular flexibility index (Phi) is 6.57. The second kappa shape index (κ2) is 9.09. The van der Waals surface area contributed by atoms with Gasteiger partial charge in [0.2, 0.25) is 0 Å². The Morgan fingerprint density at radius 2 is 1.76 bits per heavy atom. The monoisotopic (exact) mass is 469 g/mol. The van der Waals surface area contributed by atoms with Gasteiger partial charge in [-0.15, -0.1) is 0 Å². The Morgan fingerprint density at radius 3 is 2.56 bits per heavy atom. The van der Waals surface area contributed by atoms with Crippen LogP contribution in [0.15, 0.2) is 24.3 Å². The van der Waals surface area contributed by atoms with Crippen LogP contribution in [0.5, 0.6) is 5.75 Å². The molecule has 1 aromatic carbocycles. The number of aliphatic hydroxyl groups excluding tert-OH is 1.